The van der Waals surface area contributed by atoms with Crippen LogP contribution in [0.25, 0.3) is 16.9 Å². The van der Waals surface area contributed by atoms with E-state index in [1.54, 1.807) is 0 Å². The van der Waals surface area contributed by atoms with Gasteiger partial charge < -0.3 is 10.0 Å². The van der Waals surface area contributed by atoms with Gasteiger partial charge in [0.1, 0.15) is 0 Å². The minimum Gasteiger partial charge on any atom is -0.481 e. The summed E-state index contributed by atoms with van der Waals surface area (Å²) in [6.45, 7) is 13.2. The van der Waals surface area contributed by atoms with Crippen molar-refractivity contribution < 1.29 is 9.90 Å². The number of anilines is 1. The van der Waals surface area contributed by atoms with Crippen molar-refractivity contribution >= 4 is 17.3 Å². The summed E-state index contributed by atoms with van der Waals surface area (Å²) in [5, 5.41) is 15.3. The molecule has 170 valence electrons. The summed E-state index contributed by atoms with van der Waals surface area (Å²) in [4.78, 5) is 19.7. The Balaban J connectivity index is 2.10. The molecule has 3 aromatic rings. The first-order chi connectivity index (χ1) is 15.0. The number of likely N-dealkylation sites (N-methyl/N-ethyl adjacent to an activating group) is 1. The van der Waals surface area contributed by atoms with Gasteiger partial charge in [0.25, 0.3) is 0 Å². The van der Waals surface area contributed by atoms with Crippen molar-refractivity contribution in [3.63, 3.8) is 0 Å². The van der Waals surface area contributed by atoms with E-state index in [9.17, 15) is 9.90 Å². The smallest absolute Gasteiger partial charge is 0.313 e. The second-order valence-corrected chi connectivity index (χ2v) is 10.4. The van der Waals surface area contributed by atoms with Gasteiger partial charge in [-0.2, -0.15) is 5.10 Å². The van der Waals surface area contributed by atoms with Crippen LogP contribution in [-0.2, 0) is 22.0 Å². The van der Waals surface area contributed by atoms with E-state index in [1.807, 2.05) is 31.4 Å². The van der Waals surface area contributed by atoms with Gasteiger partial charge in [0.05, 0.1) is 16.8 Å². The fraction of sp³-hybridized carbons (Fsp3) is 0.500. The van der Waals surface area contributed by atoms with E-state index in [2.05, 4.69) is 50.9 Å². The molecule has 0 amide bonds. The quantitative estimate of drug-likeness (QED) is 0.602. The van der Waals surface area contributed by atoms with Gasteiger partial charge in [0, 0.05) is 47.6 Å². The largest absolute Gasteiger partial charge is 0.481 e. The molecule has 0 saturated carbocycles. The van der Waals surface area contributed by atoms with Crippen molar-refractivity contribution in [3.05, 3.63) is 46.8 Å². The van der Waals surface area contributed by atoms with Crippen LogP contribution in [0, 0.1) is 6.92 Å². The van der Waals surface area contributed by atoms with Crippen LogP contribution in [0.2, 0.25) is 0 Å². The number of hydrogen-bond acceptors (Lipinski definition) is 4. The third kappa shape index (κ3) is 3.46. The molecule has 0 fully saturated rings. The molecule has 32 heavy (non-hydrogen) atoms. The highest BCUT2D eigenvalue weighted by molar-refractivity contribution is 5.86. The Kier molecular flexibility index (Phi) is 5.30. The number of carboxylic acids is 1. The lowest BCUT2D eigenvalue weighted by molar-refractivity contribution is -0.143. The summed E-state index contributed by atoms with van der Waals surface area (Å²) in [6, 6.07) is 8.49. The predicted molar refractivity (Wildman–Crippen MR) is 129 cm³/mol. The van der Waals surface area contributed by atoms with E-state index in [0.29, 0.717) is 6.42 Å². The number of carbonyl (C=O) groups is 1. The average Bonchev–Trinajstić information content (AvgIpc) is 3.30. The number of hydrogen-bond donors (Lipinski definition) is 1. The molecule has 3 heterocycles. The second kappa shape index (κ2) is 7.61. The summed E-state index contributed by atoms with van der Waals surface area (Å²) in [6.07, 6.45) is 2.28. The summed E-state index contributed by atoms with van der Waals surface area (Å²) < 4.78 is 1.88. The topological polar surface area (TPSA) is 70.7 Å². The van der Waals surface area contributed by atoms with Gasteiger partial charge in [-0.05, 0) is 44.4 Å². The van der Waals surface area contributed by atoms with Crippen LogP contribution in [0.15, 0.2) is 24.3 Å². The lowest BCUT2D eigenvalue weighted by Gasteiger charge is -2.29. The fourth-order valence-corrected chi connectivity index (χ4v) is 4.97. The Bertz CT molecular complexity index is 1200. The van der Waals surface area contributed by atoms with E-state index < -0.39 is 11.4 Å². The van der Waals surface area contributed by atoms with Crippen LogP contribution in [0.1, 0.15) is 70.0 Å². The third-order valence-electron chi connectivity index (χ3n) is 6.81. The SMILES string of the molecule is CCCC(C)(C(=O)O)c1c(C)nc2cc(C(C)(C)C)nn2c1-c1ccc2c(c1)CCN2C. The zero-order chi connectivity index (χ0) is 23.4. The first-order valence-electron chi connectivity index (χ1n) is 11.5. The van der Waals surface area contributed by atoms with Crippen molar-refractivity contribution in [2.75, 3.05) is 18.5 Å². The highest BCUT2D eigenvalue weighted by atomic mass is 16.4. The number of carboxylic acid groups (broad SMARTS) is 1. The number of rotatable bonds is 5. The van der Waals surface area contributed by atoms with Gasteiger partial charge in [0.2, 0.25) is 0 Å². The lowest BCUT2D eigenvalue weighted by atomic mass is 9.76. The number of aromatic nitrogens is 3. The molecule has 1 aliphatic heterocycles. The Morgan fingerprint density at radius 1 is 1.19 bits per heavy atom. The first-order valence-corrected chi connectivity index (χ1v) is 11.5. The maximum absolute atomic E-state index is 12.6. The fourth-order valence-electron chi connectivity index (χ4n) is 4.97. The summed E-state index contributed by atoms with van der Waals surface area (Å²) in [5.74, 6) is -0.825. The first kappa shape index (κ1) is 22.3. The average molecular weight is 435 g/mol. The minimum atomic E-state index is -1.06. The molecule has 0 bridgehead atoms. The van der Waals surface area contributed by atoms with Gasteiger partial charge in [0.15, 0.2) is 5.65 Å². The molecule has 1 unspecified atom stereocenters. The van der Waals surface area contributed by atoms with Crippen LogP contribution in [0.3, 0.4) is 0 Å². The molecule has 0 aliphatic carbocycles. The molecule has 1 atom stereocenters. The maximum atomic E-state index is 12.6. The number of nitrogens with zero attached hydrogens (tertiary/aromatic N) is 4. The zero-order valence-corrected chi connectivity index (χ0v) is 20.3. The molecule has 6 nitrogen and oxygen atoms in total. The Morgan fingerprint density at radius 3 is 2.53 bits per heavy atom. The zero-order valence-electron chi connectivity index (χ0n) is 20.3. The maximum Gasteiger partial charge on any atom is 0.313 e. The van der Waals surface area contributed by atoms with Crippen LogP contribution in [0.4, 0.5) is 5.69 Å². The van der Waals surface area contributed by atoms with Crippen molar-refractivity contribution in [1.29, 1.82) is 0 Å². The van der Waals surface area contributed by atoms with Crippen molar-refractivity contribution in [2.24, 2.45) is 0 Å². The Labute approximate surface area is 190 Å². The molecule has 2 aromatic heterocycles. The van der Waals surface area contributed by atoms with Gasteiger partial charge >= 0.3 is 5.97 Å². The molecule has 0 spiro atoms. The minimum absolute atomic E-state index is 0.140. The second-order valence-electron chi connectivity index (χ2n) is 10.4. The van der Waals surface area contributed by atoms with Crippen LogP contribution in [-0.4, -0.2) is 39.3 Å². The van der Waals surface area contributed by atoms with E-state index in [4.69, 9.17) is 10.1 Å². The van der Waals surface area contributed by atoms with Crippen molar-refractivity contribution in [1.82, 2.24) is 14.6 Å². The number of benzene rings is 1. The lowest BCUT2D eigenvalue weighted by Crippen LogP contribution is -2.35. The van der Waals surface area contributed by atoms with Crippen molar-refractivity contribution in [3.8, 4) is 11.3 Å². The van der Waals surface area contributed by atoms with E-state index >= 15 is 0 Å². The van der Waals surface area contributed by atoms with Gasteiger partial charge in [-0.1, -0.05) is 40.2 Å². The van der Waals surface area contributed by atoms with E-state index in [1.165, 1.54) is 11.3 Å². The van der Waals surface area contributed by atoms with Crippen LogP contribution >= 0.6 is 0 Å². The van der Waals surface area contributed by atoms with Crippen LogP contribution < -0.4 is 4.90 Å². The number of fused-ring (bicyclic) bond motifs is 2. The monoisotopic (exact) mass is 434 g/mol. The van der Waals surface area contributed by atoms with Crippen molar-refractivity contribution in [2.45, 2.75) is 71.6 Å². The van der Waals surface area contributed by atoms with Gasteiger partial charge in [-0.25, -0.2) is 9.50 Å². The van der Waals surface area contributed by atoms with E-state index in [0.717, 1.165) is 53.2 Å². The van der Waals surface area contributed by atoms with Crippen LogP contribution in [0.5, 0.6) is 0 Å². The summed E-state index contributed by atoms with van der Waals surface area (Å²) >= 11 is 0. The molecule has 4 rings (SSSR count). The molecule has 1 aromatic carbocycles. The molecule has 0 saturated heterocycles. The van der Waals surface area contributed by atoms with Gasteiger partial charge in [-0.3, -0.25) is 4.79 Å². The molecular weight excluding hydrogens is 400 g/mol. The normalized spacial score (nSPS) is 15.8. The number of aliphatic carboxylic acids is 1. The Hall–Kier alpha value is -2.89. The standard InChI is InChI=1S/C26H34N4O2/c1-8-12-26(6,24(31)32)22-16(2)27-21-15-20(25(3,4)5)28-30(21)23(22)18-9-10-19-17(14-18)11-13-29(19)7/h9-10,14-15H,8,11-13H2,1-7H3,(H,31,32). The molecule has 1 aliphatic rings. The summed E-state index contributed by atoms with van der Waals surface area (Å²) in [7, 11) is 2.11. The summed E-state index contributed by atoms with van der Waals surface area (Å²) in [5.41, 5.74) is 6.38. The highest BCUT2D eigenvalue weighted by Gasteiger charge is 2.40. The predicted octanol–water partition coefficient (Wildman–Crippen LogP) is 5.14. The number of aryl methyl sites for hydroxylation is 1. The van der Waals surface area contributed by atoms with Gasteiger partial charge in [-0.15, -0.1) is 0 Å². The molecule has 1 N–H and O–H groups in total. The highest BCUT2D eigenvalue weighted by Crippen LogP contribution is 2.41. The Morgan fingerprint density at radius 2 is 1.91 bits per heavy atom. The van der Waals surface area contributed by atoms with E-state index in [-0.39, 0.29) is 5.41 Å². The third-order valence-corrected chi connectivity index (χ3v) is 6.81. The molecule has 0 radical (unpaired) electrons. The molecular formula is C26H34N4O2. The molecule has 6 heteroatoms.